The Bertz CT molecular complexity index is 215. The molecule has 2 aliphatic carbocycles. The van der Waals surface area contributed by atoms with Gasteiger partial charge in [0, 0.05) is 0 Å². The number of hydrogen-bond acceptors (Lipinski definition) is 1. The Labute approximate surface area is 114 Å². The number of nitrogens with one attached hydrogen (secondary N) is 1. The van der Waals surface area contributed by atoms with Crippen LogP contribution in [-0.4, -0.2) is 13.6 Å². The maximum absolute atomic E-state index is 3.45. The van der Waals surface area contributed by atoms with Crippen molar-refractivity contribution in [3.05, 3.63) is 0 Å². The minimum Gasteiger partial charge on any atom is -0.319 e. The van der Waals surface area contributed by atoms with Crippen LogP contribution in [0, 0.1) is 23.7 Å². The lowest BCUT2D eigenvalue weighted by molar-refractivity contribution is 0.0928. The molecule has 3 unspecified atom stereocenters. The number of hydrogen-bond donors (Lipinski definition) is 1. The maximum Gasteiger partial charge on any atom is -0.00208 e. The zero-order valence-corrected chi connectivity index (χ0v) is 12.6. The van der Waals surface area contributed by atoms with Crippen LogP contribution < -0.4 is 5.32 Å². The molecule has 1 nitrogen and oxygen atoms in total. The highest BCUT2D eigenvalue weighted by Gasteiger charge is 2.35. The van der Waals surface area contributed by atoms with Crippen LogP contribution in [0.5, 0.6) is 0 Å². The van der Waals surface area contributed by atoms with Gasteiger partial charge in [-0.15, -0.1) is 0 Å². The van der Waals surface area contributed by atoms with Crippen LogP contribution in [0.15, 0.2) is 0 Å². The van der Waals surface area contributed by atoms with Crippen molar-refractivity contribution in [3.63, 3.8) is 0 Å². The average Bonchev–Trinajstić information content (AvgIpc) is 2.42. The largest absolute Gasteiger partial charge is 0.319 e. The Hall–Kier alpha value is -0.0400. The zero-order chi connectivity index (χ0) is 12.8. The van der Waals surface area contributed by atoms with Gasteiger partial charge >= 0.3 is 0 Å². The fraction of sp³-hybridized carbons (Fsp3) is 1.00. The van der Waals surface area contributed by atoms with E-state index in [1.165, 1.54) is 64.3 Å². The first kappa shape index (κ1) is 14.4. The van der Waals surface area contributed by atoms with Crippen molar-refractivity contribution in [1.82, 2.24) is 5.32 Å². The standard InChI is InChI=1S/C17H33N/c1-3-7-14-10-11-16(13-18-2)17(12-14)15-8-5-4-6-9-15/h14-18H,3-13H2,1-2H3. The molecule has 0 bridgehead atoms. The van der Waals surface area contributed by atoms with Crippen molar-refractivity contribution in [1.29, 1.82) is 0 Å². The molecule has 0 spiro atoms. The molecule has 2 fully saturated rings. The molecule has 0 aromatic carbocycles. The predicted molar refractivity (Wildman–Crippen MR) is 79.7 cm³/mol. The van der Waals surface area contributed by atoms with Crippen LogP contribution in [0.3, 0.4) is 0 Å². The molecule has 106 valence electrons. The average molecular weight is 251 g/mol. The fourth-order valence-corrected chi connectivity index (χ4v) is 4.68. The van der Waals surface area contributed by atoms with Gasteiger partial charge in [0.25, 0.3) is 0 Å². The van der Waals surface area contributed by atoms with E-state index in [9.17, 15) is 0 Å². The Morgan fingerprint density at radius 2 is 1.78 bits per heavy atom. The lowest BCUT2D eigenvalue weighted by atomic mass is 9.64. The van der Waals surface area contributed by atoms with Crippen molar-refractivity contribution in [2.75, 3.05) is 13.6 Å². The van der Waals surface area contributed by atoms with Gasteiger partial charge in [-0.2, -0.15) is 0 Å². The molecular weight excluding hydrogens is 218 g/mol. The topological polar surface area (TPSA) is 12.0 Å². The van der Waals surface area contributed by atoms with Crippen molar-refractivity contribution < 1.29 is 0 Å². The molecule has 0 aromatic rings. The summed E-state index contributed by atoms with van der Waals surface area (Å²) in [6.45, 7) is 3.62. The van der Waals surface area contributed by atoms with Crippen LogP contribution in [0.25, 0.3) is 0 Å². The molecule has 2 saturated carbocycles. The molecule has 0 heterocycles. The lowest BCUT2D eigenvalue weighted by Crippen LogP contribution is -2.36. The second-order valence-corrected chi connectivity index (χ2v) is 6.85. The van der Waals surface area contributed by atoms with Gasteiger partial charge in [0.1, 0.15) is 0 Å². The SMILES string of the molecule is CCCC1CCC(CNC)C(C2CCCCC2)C1. The first-order valence-corrected chi connectivity index (χ1v) is 8.49. The molecule has 0 aliphatic heterocycles. The first-order chi connectivity index (χ1) is 8.85. The van der Waals surface area contributed by atoms with Gasteiger partial charge in [-0.05, 0) is 50.1 Å². The smallest absolute Gasteiger partial charge is 0.00208 e. The highest BCUT2D eigenvalue weighted by Crippen LogP contribution is 2.44. The van der Waals surface area contributed by atoms with Crippen molar-refractivity contribution in [2.45, 2.75) is 71.1 Å². The van der Waals surface area contributed by atoms with Gasteiger partial charge in [0.15, 0.2) is 0 Å². The third-order valence-electron chi connectivity index (χ3n) is 5.58. The minimum atomic E-state index is 0.978. The Morgan fingerprint density at radius 3 is 2.44 bits per heavy atom. The number of rotatable bonds is 5. The summed E-state index contributed by atoms with van der Waals surface area (Å²) in [4.78, 5) is 0. The highest BCUT2D eigenvalue weighted by atomic mass is 14.8. The van der Waals surface area contributed by atoms with Crippen LogP contribution in [0.1, 0.15) is 71.1 Å². The van der Waals surface area contributed by atoms with Crippen molar-refractivity contribution in [3.8, 4) is 0 Å². The molecule has 0 saturated heterocycles. The van der Waals surface area contributed by atoms with Crippen molar-refractivity contribution >= 4 is 0 Å². The van der Waals surface area contributed by atoms with E-state index < -0.39 is 0 Å². The fourth-order valence-electron chi connectivity index (χ4n) is 4.68. The molecule has 2 aliphatic rings. The van der Waals surface area contributed by atoms with E-state index in [0.29, 0.717) is 0 Å². The van der Waals surface area contributed by atoms with E-state index in [1.807, 2.05) is 0 Å². The molecule has 2 rings (SSSR count). The zero-order valence-electron chi connectivity index (χ0n) is 12.6. The summed E-state index contributed by atoms with van der Waals surface area (Å²) in [5.74, 6) is 4.14. The molecule has 1 heteroatoms. The van der Waals surface area contributed by atoms with E-state index in [2.05, 4.69) is 19.3 Å². The highest BCUT2D eigenvalue weighted by molar-refractivity contribution is 4.86. The van der Waals surface area contributed by atoms with Gasteiger partial charge in [0.2, 0.25) is 0 Å². The van der Waals surface area contributed by atoms with E-state index >= 15 is 0 Å². The second kappa shape index (κ2) is 7.53. The van der Waals surface area contributed by atoms with Gasteiger partial charge in [-0.3, -0.25) is 0 Å². The summed E-state index contributed by atoms with van der Waals surface area (Å²) < 4.78 is 0. The third-order valence-corrected chi connectivity index (χ3v) is 5.58. The van der Waals surface area contributed by atoms with Crippen LogP contribution in [0.4, 0.5) is 0 Å². The summed E-state index contributed by atoms with van der Waals surface area (Å²) in [7, 11) is 2.13. The molecule has 1 N–H and O–H groups in total. The lowest BCUT2D eigenvalue weighted by Gasteiger charge is -2.42. The Balaban J connectivity index is 1.94. The van der Waals surface area contributed by atoms with E-state index in [1.54, 1.807) is 6.42 Å². The quantitative estimate of drug-likeness (QED) is 0.752. The van der Waals surface area contributed by atoms with Gasteiger partial charge in [0.05, 0.1) is 0 Å². The van der Waals surface area contributed by atoms with Gasteiger partial charge in [-0.1, -0.05) is 58.3 Å². The molecule has 0 amide bonds. The molecule has 3 atom stereocenters. The Kier molecular flexibility index (Phi) is 6.01. The molecule has 0 radical (unpaired) electrons. The van der Waals surface area contributed by atoms with Crippen LogP contribution in [0.2, 0.25) is 0 Å². The summed E-state index contributed by atoms with van der Waals surface area (Å²) in [6.07, 6.45) is 15.0. The van der Waals surface area contributed by atoms with Gasteiger partial charge < -0.3 is 5.32 Å². The first-order valence-electron chi connectivity index (χ1n) is 8.49. The van der Waals surface area contributed by atoms with E-state index in [-0.39, 0.29) is 0 Å². The van der Waals surface area contributed by atoms with E-state index in [4.69, 9.17) is 0 Å². The summed E-state index contributed by atoms with van der Waals surface area (Å²) in [5.41, 5.74) is 0. The summed E-state index contributed by atoms with van der Waals surface area (Å²) >= 11 is 0. The summed E-state index contributed by atoms with van der Waals surface area (Å²) in [5, 5.41) is 3.45. The normalized spacial score (nSPS) is 34.7. The molecule has 0 aromatic heterocycles. The molecular formula is C17H33N. The van der Waals surface area contributed by atoms with Gasteiger partial charge in [-0.25, -0.2) is 0 Å². The minimum absolute atomic E-state index is 0.978. The Morgan fingerprint density at radius 1 is 1.00 bits per heavy atom. The third kappa shape index (κ3) is 3.73. The van der Waals surface area contributed by atoms with Crippen LogP contribution in [-0.2, 0) is 0 Å². The molecule has 18 heavy (non-hydrogen) atoms. The van der Waals surface area contributed by atoms with E-state index in [0.717, 1.165) is 23.7 Å². The van der Waals surface area contributed by atoms with Crippen molar-refractivity contribution in [2.24, 2.45) is 23.7 Å². The maximum atomic E-state index is 3.45. The van der Waals surface area contributed by atoms with Crippen LogP contribution >= 0.6 is 0 Å². The predicted octanol–water partition coefficient (Wildman–Crippen LogP) is 4.62. The second-order valence-electron chi connectivity index (χ2n) is 6.85. The summed E-state index contributed by atoms with van der Waals surface area (Å²) in [6, 6.07) is 0. The monoisotopic (exact) mass is 251 g/mol.